The van der Waals surface area contributed by atoms with E-state index in [9.17, 15) is 23.2 Å². The van der Waals surface area contributed by atoms with Gasteiger partial charge in [0.25, 0.3) is 5.91 Å². The highest BCUT2D eigenvalue weighted by atomic mass is 19.4. The van der Waals surface area contributed by atoms with Crippen LogP contribution in [0.1, 0.15) is 32.9 Å². The van der Waals surface area contributed by atoms with Crippen molar-refractivity contribution in [2.45, 2.75) is 20.0 Å². The number of aryl methyl sites for hydroxylation is 1. The summed E-state index contributed by atoms with van der Waals surface area (Å²) in [6, 6.07) is 4.54. The summed E-state index contributed by atoms with van der Waals surface area (Å²) in [6.45, 7) is 3.27. The summed E-state index contributed by atoms with van der Waals surface area (Å²) in [6.07, 6.45) is 1.30. The fraction of sp³-hybridized carbons (Fsp3) is 0.150. The van der Waals surface area contributed by atoms with Gasteiger partial charge in [0.2, 0.25) is 0 Å². The molecular formula is C20H14F3N9O. The van der Waals surface area contributed by atoms with Gasteiger partial charge in [0.15, 0.2) is 11.5 Å². The molecule has 1 amide bonds. The first kappa shape index (κ1) is 21.6. The zero-order valence-electron chi connectivity index (χ0n) is 17.2. The zero-order chi connectivity index (χ0) is 23.8. The van der Waals surface area contributed by atoms with Crippen LogP contribution in [0.25, 0.3) is 11.5 Å². The molecule has 4 aromatic rings. The minimum atomic E-state index is -4.88. The molecule has 0 aliphatic rings. The Balaban J connectivity index is 1.72. The molecule has 0 spiro atoms. The Morgan fingerprint density at radius 2 is 1.82 bits per heavy atom. The lowest BCUT2D eigenvalue weighted by Crippen LogP contribution is -2.21. The van der Waals surface area contributed by atoms with Crippen molar-refractivity contribution >= 4 is 11.6 Å². The minimum Gasteiger partial charge on any atom is -0.320 e. The van der Waals surface area contributed by atoms with E-state index in [2.05, 4.69) is 30.6 Å². The highest BCUT2D eigenvalue weighted by molar-refractivity contribution is 6.05. The second kappa shape index (κ2) is 8.15. The summed E-state index contributed by atoms with van der Waals surface area (Å²) in [5, 5.41) is 23.3. The van der Waals surface area contributed by atoms with Gasteiger partial charge < -0.3 is 5.32 Å². The standard InChI is InChI=1S/C20H14F3N9O/c1-11-12(2)25-4-3-16(11)31-17(20(21,22)23)15(10-29-31)19(33)30-14-7-13(8-24)18(26-9-14)32-27-5-6-28-32/h3-7,9-10H,1-2H3,(H,30,33). The number of aromatic nitrogens is 7. The fourth-order valence-electron chi connectivity index (χ4n) is 3.12. The molecule has 0 saturated carbocycles. The van der Waals surface area contributed by atoms with Crippen LogP contribution in [0.3, 0.4) is 0 Å². The summed E-state index contributed by atoms with van der Waals surface area (Å²) < 4.78 is 42.5. The lowest BCUT2D eigenvalue weighted by molar-refractivity contribution is -0.143. The van der Waals surface area contributed by atoms with E-state index in [1.54, 1.807) is 13.8 Å². The Bertz CT molecular complexity index is 1390. The average Bonchev–Trinajstić information content (AvgIpc) is 3.45. The molecule has 0 atom stereocenters. The Morgan fingerprint density at radius 3 is 2.48 bits per heavy atom. The molecule has 4 aromatic heterocycles. The second-order valence-corrected chi connectivity index (χ2v) is 6.84. The smallest absolute Gasteiger partial charge is 0.320 e. The number of carbonyl (C=O) groups is 1. The molecule has 4 rings (SSSR count). The molecule has 1 N–H and O–H groups in total. The van der Waals surface area contributed by atoms with Crippen LogP contribution in [-0.4, -0.2) is 40.6 Å². The summed E-state index contributed by atoms with van der Waals surface area (Å²) in [4.78, 5) is 22.0. The molecule has 0 saturated heterocycles. The van der Waals surface area contributed by atoms with Crippen LogP contribution in [0.5, 0.6) is 0 Å². The topological polar surface area (TPSA) is 127 Å². The van der Waals surface area contributed by atoms with Crippen molar-refractivity contribution in [3.63, 3.8) is 0 Å². The van der Waals surface area contributed by atoms with Crippen LogP contribution < -0.4 is 5.32 Å². The third-order valence-corrected chi connectivity index (χ3v) is 4.79. The SMILES string of the molecule is Cc1nccc(-n2ncc(C(=O)Nc3cnc(-n4nccn4)c(C#N)c3)c2C(F)(F)F)c1C. The molecule has 0 aromatic carbocycles. The summed E-state index contributed by atoms with van der Waals surface area (Å²) in [5.74, 6) is -0.958. The highest BCUT2D eigenvalue weighted by Gasteiger charge is 2.41. The predicted octanol–water partition coefficient (Wildman–Crippen LogP) is 3.00. The van der Waals surface area contributed by atoms with Crippen LogP contribution in [0, 0.1) is 25.2 Å². The molecule has 10 nitrogen and oxygen atoms in total. The van der Waals surface area contributed by atoms with Crippen molar-refractivity contribution in [1.82, 2.24) is 34.7 Å². The van der Waals surface area contributed by atoms with Crippen molar-refractivity contribution in [3.8, 4) is 17.6 Å². The van der Waals surface area contributed by atoms with E-state index in [1.807, 2.05) is 6.07 Å². The van der Waals surface area contributed by atoms with Gasteiger partial charge in [-0.25, -0.2) is 9.67 Å². The third-order valence-electron chi connectivity index (χ3n) is 4.79. The quantitative estimate of drug-likeness (QED) is 0.503. The normalized spacial score (nSPS) is 11.3. The van der Waals surface area contributed by atoms with Gasteiger partial charge in [-0.15, -0.1) is 4.80 Å². The van der Waals surface area contributed by atoms with Crippen LogP contribution in [0.2, 0.25) is 0 Å². The largest absolute Gasteiger partial charge is 0.434 e. The van der Waals surface area contributed by atoms with Gasteiger partial charge in [-0.05, 0) is 31.5 Å². The molecule has 0 unspecified atom stereocenters. The van der Waals surface area contributed by atoms with Gasteiger partial charge in [0, 0.05) is 11.9 Å². The van der Waals surface area contributed by atoms with E-state index in [0.29, 0.717) is 15.9 Å². The van der Waals surface area contributed by atoms with E-state index in [1.165, 1.54) is 36.9 Å². The number of rotatable bonds is 4. The third kappa shape index (κ3) is 4.01. The van der Waals surface area contributed by atoms with Gasteiger partial charge in [-0.2, -0.15) is 33.7 Å². The van der Waals surface area contributed by atoms with Crippen LogP contribution >= 0.6 is 0 Å². The number of nitriles is 1. The fourth-order valence-corrected chi connectivity index (χ4v) is 3.12. The number of hydrogen-bond donors (Lipinski definition) is 1. The molecular weight excluding hydrogens is 439 g/mol. The maximum Gasteiger partial charge on any atom is 0.434 e. The lowest BCUT2D eigenvalue weighted by Gasteiger charge is -2.15. The molecule has 0 aliphatic carbocycles. The van der Waals surface area contributed by atoms with E-state index >= 15 is 0 Å². The van der Waals surface area contributed by atoms with Crippen molar-refractivity contribution in [1.29, 1.82) is 5.26 Å². The zero-order valence-corrected chi connectivity index (χ0v) is 17.2. The van der Waals surface area contributed by atoms with Crippen LogP contribution in [0.15, 0.2) is 43.1 Å². The van der Waals surface area contributed by atoms with Crippen molar-refractivity contribution in [3.05, 3.63) is 71.2 Å². The van der Waals surface area contributed by atoms with E-state index in [4.69, 9.17) is 0 Å². The Kier molecular flexibility index (Phi) is 5.34. The Hall–Kier alpha value is -4.60. The first-order valence-corrected chi connectivity index (χ1v) is 9.36. The number of nitrogens with one attached hydrogen (secondary N) is 1. The molecule has 4 heterocycles. The van der Waals surface area contributed by atoms with E-state index in [0.717, 1.165) is 11.0 Å². The van der Waals surface area contributed by atoms with Crippen molar-refractivity contribution in [2.24, 2.45) is 0 Å². The maximum absolute atomic E-state index is 14.0. The van der Waals surface area contributed by atoms with Gasteiger partial charge in [-0.3, -0.25) is 9.78 Å². The second-order valence-electron chi connectivity index (χ2n) is 6.84. The number of halogens is 3. The number of anilines is 1. The number of alkyl halides is 3. The van der Waals surface area contributed by atoms with Gasteiger partial charge in [-0.1, -0.05) is 0 Å². The van der Waals surface area contributed by atoms with E-state index < -0.39 is 23.3 Å². The van der Waals surface area contributed by atoms with Gasteiger partial charge >= 0.3 is 6.18 Å². The van der Waals surface area contributed by atoms with Crippen LogP contribution in [-0.2, 0) is 6.18 Å². The average molecular weight is 453 g/mol. The van der Waals surface area contributed by atoms with E-state index in [-0.39, 0.29) is 22.8 Å². The summed E-state index contributed by atoms with van der Waals surface area (Å²) >= 11 is 0. The first-order valence-electron chi connectivity index (χ1n) is 9.36. The number of carbonyl (C=O) groups excluding carboxylic acids is 1. The predicted molar refractivity (Wildman–Crippen MR) is 108 cm³/mol. The molecule has 166 valence electrons. The number of hydrogen-bond acceptors (Lipinski definition) is 7. The Morgan fingerprint density at radius 1 is 1.09 bits per heavy atom. The molecule has 13 heteroatoms. The molecule has 0 bridgehead atoms. The number of pyridine rings is 2. The summed E-state index contributed by atoms with van der Waals surface area (Å²) in [5.41, 5.74) is -0.721. The van der Waals surface area contributed by atoms with Gasteiger partial charge in [0.1, 0.15) is 11.6 Å². The highest BCUT2D eigenvalue weighted by Crippen LogP contribution is 2.34. The first-order chi connectivity index (χ1) is 15.7. The molecule has 0 fully saturated rings. The molecule has 0 aliphatic heterocycles. The maximum atomic E-state index is 14.0. The Labute approximate surface area is 184 Å². The van der Waals surface area contributed by atoms with Crippen LogP contribution in [0.4, 0.5) is 18.9 Å². The van der Waals surface area contributed by atoms with Crippen molar-refractivity contribution < 1.29 is 18.0 Å². The van der Waals surface area contributed by atoms with Gasteiger partial charge in [0.05, 0.1) is 41.7 Å². The number of nitrogens with zero attached hydrogens (tertiary/aromatic N) is 8. The van der Waals surface area contributed by atoms with Crippen molar-refractivity contribution in [2.75, 3.05) is 5.32 Å². The minimum absolute atomic E-state index is 0.0126. The summed E-state index contributed by atoms with van der Waals surface area (Å²) in [7, 11) is 0. The molecule has 33 heavy (non-hydrogen) atoms. The lowest BCUT2D eigenvalue weighted by atomic mass is 10.1. The monoisotopic (exact) mass is 453 g/mol. The number of amides is 1. The molecule has 0 radical (unpaired) electrons.